The van der Waals surface area contributed by atoms with Crippen LogP contribution < -0.4 is 4.90 Å². The average molecular weight is 206 g/mol. The molecular formula is C11H14N2O2. The van der Waals surface area contributed by atoms with Crippen molar-refractivity contribution in [2.45, 2.75) is 25.8 Å². The van der Waals surface area contributed by atoms with Crippen LogP contribution in [0.3, 0.4) is 0 Å². The molecule has 0 amide bonds. The number of carboxylic acid groups (broad SMARTS) is 1. The van der Waals surface area contributed by atoms with Crippen LogP contribution in [0.4, 0.5) is 5.69 Å². The Kier molecular flexibility index (Phi) is 2.58. The first-order chi connectivity index (χ1) is 7.16. The van der Waals surface area contributed by atoms with E-state index in [4.69, 9.17) is 5.11 Å². The van der Waals surface area contributed by atoms with Gasteiger partial charge in [0.2, 0.25) is 0 Å². The molecule has 1 aromatic rings. The van der Waals surface area contributed by atoms with Gasteiger partial charge < -0.3 is 10.0 Å². The minimum absolute atomic E-state index is 0.0775. The number of hydrogen-bond acceptors (Lipinski definition) is 3. The number of anilines is 1. The Labute approximate surface area is 88.6 Å². The van der Waals surface area contributed by atoms with Gasteiger partial charge in [-0.3, -0.25) is 9.78 Å². The van der Waals surface area contributed by atoms with E-state index in [0.29, 0.717) is 6.04 Å². The quantitative estimate of drug-likeness (QED) is 0.810. The predicted molar refractivity (Wildman–Crippen MR) is 57.0 cm³/mol. The van der Waals surface area contributed by atoms with Crippen molar-refractivity contribution in [3.05, 3.63) is 24.0 Å². The van der Waals surface area contributed by atoms with Crippen molar-refractivity contribution < 1.29 is 9.90 Å². The second-order valence-corrected chi connectivity index (χ2v) is 3.91. The lowest BCUT2D eigenvalue weighted by atomic mass is 10.3. The van der Waals surface area contributed by atoms with E-state index < -0.39 is 5.97 Å². The van der Waals surface area contributed by atoms with Crippen LogP contribution in [0.1, 0.15) is 18.5 Å². The number of aromatic nitrogens is 1. The molecule has 1 aliphatic carbocycles. The molecule has 1 heterocycles. The Morgan fingerprint density at radius 1 is 1.67 bits per heavy atom. The maximum Gasteiger partial charge on any atom is 0.323 e. The van der Waals surface area contributed by atoms with Gasteiger partial charge in [-0.2, -0.15) is 0 Å². The van der Waals surface area contributed by atoms with E-state index >= 15 is 0 Å². The van der Waals surface area contributed by atoms with Gasteiger partial charge in [-0.05, 0) is 31.9 Å². The van der Waals surface area contributed by atoms with Crippen molar-refractivity contribution in [1.29, 1.82) is 0 Å². The molecule has 0 spiro atoms. The minimum Gasteiger partial charge on any atom is -0.480 e. The molecule has 0 atom stereocenters. The number of carboxylic acids is 1. The first kappa shape index (κ1) is 9.96. The predicted octanol–water partition coefficient (Wildman–Crippen LogP) is 1.44. The number of rotatable bonds is 4. The summed E-state index contributed by atoms with van der Waals surface area (Å²) in [6.07, 6.45) is 3.91. The van der Waals surface area contributed by atoms with Crippen LogP contribution in [0, 0.1) is 6.92 Å². The van der Waals surface area contributed by atoms with Crippen LogP contribution in [0.2, 0.25) is 0 Å². The highest BCUT2D eigenvalue weighted by atomic mass is 16.4. The Hall–Kier alpha value is -1.58. The van der Waals surface area contributed by atoms with Gasteiger partial charge in [0.05, 0.1) is 0 Å². The first-order valence-electron chi connectivity index (χ1n) is 5.08. The molecule has 0 radical (unpaired) electrons. The summed E-state index contributed by atoms with van der Waals surface area (Å²) in [5.74, 6) is -0.781. The SMILES string of the molecule is Cc1cc(N(CC(=O)O)C2CC2)ccn1. The summed E-state index contributed by atoms with van der Waals surface area (Å²) in [6.45, 7) is 1.99. The third-order valence-corrected chi connectivity index (χ3v) is 2.51. The van der Waals surface area contributed by atoms with Gasteiger partial charge in [-0.25, -0.2) is 0 Å². The van der Waals surface area contributed by atoms with Crippen molar-refractivity contribution in [3.63, 3.8) is 0 Å². The zero-order valence-electron chi connectivity index (χ0n) is 8.68. The summed E-state index contributed by atoms with van der Waals surface area (Å²) in [6, 6.07) is 4.21. The van der Waals surface area contributed by atoms with Gasteiger partial charge in [-0.1, -0.05) is 0 Å². The summed E-state index contributed by atoms with van der Waals surface area (Å²) >= 11 is 0. The van der Waals surface area contributed by atoms with Gasteiger partial charge in [0.1, 0.15) is 6.54 Å². The summed E-state index contributed by atoms with van der Waals surface area (Å²) in [5, 5.41) is 8.83. The van der Waals surface area contributed by atoms with Crippen molar-refractivity contribution >= 4 is 11.7 Å². The second-order valence-electron chi connectivity index (χ2n) is 3.91. The van der Waals surface area contributed by atoms with Gasteiger partial charge in [0.15, 0.2) is 0 Å². The van der Waals surface area contributed by atoms with Gasteiger partial charge in [0.25, 0.3) is 0 Å². The third-order valence-electron chi connectivity index (χ3n) is 2.51. The van der Waals surface area contributed by atoms with Crippen LogP contribution in [-0.4, -0.2) is 28.6 Å². The number of pyridine rings is 1. The average Bonchev–Trinajstić information content (AvgIpc) is 2.97. The Morgan fingerprint density at radius 2 is 2.40 bits per heavy atom. The number of nitrogens with zero attached hydrogens (tertiary/aromatic N) is 2. The molecule has 80 valence electrons. The highest BCUT2D eigenvalue weighted by molar-refractivity contribution is 5.74. The van der Waals surface area contributed by atoms with Crippen LogP contribution in [0.15, 0.2) is 18.3 Å². The van der Waals surface area contributed by atoms with Crippen molar-refractivity contribution in [2.24, 2.45) is 0 Å². The maximum atomic E-state index is 10.7. The third kappa shape index (κ3) is 2.46. The molecule has 4 nitrogen and oxygen atoms in total. The molecule has 1 saturated carbocycles. The van der Waals surface area contributed by atoms with Crippen LogP contribution in [-0.2, 0) is 4.79 Å². The molecule has 4 heteroatoms. The fourth-order valence-electron chi connectivity index (χ4n) is 1.67. The second kappa shape index (κ2) is 3.88. The van der Waals surface area contributed by atoms with E-state index in [-0.39, 0.29) is 6.54 Å². The molecule has 1 aliphatic rings. The van der Waals surface area contributed by atoms with Crippen molar-refractivity contribution in [1.82, 2.24) is 4.98 Å². The molecule has 15 heavy (non-hydrogen) atoms. The largest absolute Gasteiger partial charge is 0.480 e. The molecule has 0 aliphatic heterocycles. The summed E-state index contributed by atoms with van der Waals surface area (Å²) in [5.41, 5.74) is 1.89. The van der Waals surface area contributed by atoms with E-state index in [9.17, 15) is 4.79 Å². The smallest absolute Gasteiger partial charge is 0.323 e. The van der Waals surface area contributed by atoms with E-state index in [0.717, 1.165) is 24.2 Å². The van der Waals surface area contributed by atoms with Gasteiger partial charge in [0, 0.05) is 23.6 Å². The van der Waals surface area contributed by atoms with E-state index in [1.807, 2.05) is 24.0 Å². The zero-order valence-corrected chi connectivity index (χ0v) is 8.68. The normalized spacial score (nSPS) is 15.0. The molecular weight excluding hydrogens is 192 g/mol. The lowest BCUT2D eigenvalue weighted by Gasteiger charge is -2.22. The molecule has 0 unspecified atom stereocenters. The molecule has 1 N–H and O–H groups in total. The number of aryl methyl sites for hydroxylation is 1. The lowest BCUT2D eigenvalue weighted by Crippen LogP contribution is -2.31. The van der Waals surface area contributed by atoms with Gasteiger partial charge >= 0.3 is 5.97 Å². The summed E-state index contributed by atoms with van der Waals surface area (Å²) in [7, 11) is 0. The Balaban J connectivity index is 2.19. The summed E-state index contributed by atoms with van der Waals surface area (Å²) < 4.78 is 0. The van der Waals surface area contributed by atoms with Crippen molar-refractivity contribution in [3.8, 4) is 0 Å². The first-order valence-corrected chi connectivity index (χ1v) is 5.08. The molecule has 1 fully saturated rings. The summed E-state index contributed by atoms with van der Waals surface area (Å²) in [4.78, 5) is 16.8. The van der Waals surface area contributed by atoms with Crippen LogP contribution >= 0.6 is 0 Å². The van der Waals surface area contributed by atoms with E-state index in [1.165, 1.54) is 0 Å². The zero-order chi connectivity index (χ0) is 10.8. The minimum atomic E-state index is -0.781. The topological polar surface area (TPSA) is 53.4 Å². The van der Waals surface area contributed by atoms with Crippen LogP contribution in [0.25, 0.3) is 0 Å². The van der Waals surface area contributed by atoms with E-state index in [2.05, 4.69) is 4.98 Å². The number of hydrogen-bond donors (Lipinski definition) is 1. The highest BCUT2D eigenvalue weighted by Crippen LogP contribution is 2.31. The Bertz CT molecular complexity index is 375. The monoisotopic (exact) mass is 206 g/mol. The highest BCUT2D eigenvalue weighted by Gasteiger charge is 2.30. The molecule has 0 bridgehead atoms. The number of carbonyl (C=O) groups is 1. The molecule has 2 rings (SSSR count). The van der Waals surface area contributed by atoms with Gasteiger partial charge in [-0.15, -0.1) is 0 Å². The van der Waals surface area contributed by atoms with Crippen LogP contribution in [0.5, 0.6) is 0 Å². The molecule has 0 saturated heterocycles. The Morgan fingerprint density at radius 3 is 2.93 bits per heavy atom. The maximum absolute atomic E-state index is 10.7. The fourth-order valence-corrected chi connectivity index (χ4v) is 1.67. The van der Waals surface area contributed by atoms with E-state index in [1.54, 1.807) is 6.20 Å². The lowest BCUT2D eigenvalue weighted by molar-refractivity contribution is -0.135. The fraction of sp³-hybridized carbons (Fsp3) is 0.455. The molecule has 0 aromatic carbocycles. The standard InChI is InChI=1S/C11H14N2O2/c1-8-6-10(4-5-12-8)13(7-11(14)15)9-2-3-9/h4-6,9H,2-3,7H2,1H3,(H,14,15). The number of aliphatic carboxylic acids is 1. The molecule has 1 aromatic heterocycles. The van der Waals surface area contributed by atoms with Crippen molar-refractivity contribution in [2.75, 3.05) is 11.4 Å².